The monoisotopic (exact) mass is 361 g/mol. The number of piperazine rings is 1. The largest absolute Gasteiger partial charge is 0.497 e. The molecule has 3 rings (SSSR count). The number of nitrogens with zero attached hydrogens (tertiary/aromatic N) is 3. The van der Waals surface area contributed by atoms with E-state index < -0.39 is 5.97 Å². The number of amides is 1. The van der Waals surface area contributed by atoms with Crippen molar-refractivity contribution >= 4 is 11.9 Å². The third kappa shape index (κ3) is 4.74. The summed E-state index contributed by atoms with van der Waals surface area (Å²) >= 11 is 0. The summed E-state index contributed by atoms with van der Waals surface area (Å²) in [6, 6.07) is 8.08. The van der Waals surface area contributed by atoms with Crippen LogP contribution in [0.15, 0.2) is 24.3 Å². The highest BCUT2D eigenvalue weighted by Crippen LogP contribution is 2.17. The third-order valence-corrected chi connectivity index (χ3v) is 5.27. The molecule has 0 spiro atoms. The first-order chi connectivity index (χ1) is 12.5. The van der Waals surface area contributed by atoms with Crippen molar-refractivity contribution in [2.24, 2.45) is 5.92 Å². The third-order valence-electron chi connectivity index (χ3n) is 5.27. The van der Waals surface area contributed by atoms with Gasteiger partial charge in [-0.3, -0.25) is 19.4 Å². The number of benzene rings is 1. The van der Waals surface area contributed by atoms with Gasteiger partial charge in [-0.25, -0.2) is 0 Å². The predicted molar refractivity (Wildman–Crippen MR) is 97.0 cm³/mol. The van der Waals surface area contributed by atoms with Gasteiger partial charge in [-0.1, -0.05) is 12.1 Å². The Hall–Kier alpha value is -2.12. The van der Waals surface area contributed by atoms with Crippen LogP contribution in [0.5, 0.6) is 5.75 Å². The number of rotatable bonds is 6. The highest BCUT2D eigenvalue weighted by atomic mass is 16.5. The lowest BCUT2D eigenvalue weighted by Crippen LogP contribution is -2.50. The highest BCUT2D eigenvalue weighted by Gasteiger charge is 2.30. The van der Waals surface area contributed by atoms with E-state index >= 15 is 0 Å². The average molecular weight is 361 g/mol. The maximum atomic E-state index is 12.5. The number of likely N-dealkylation sites (tertiary alicyclic amines) is 1. The second-order valence-corrected chi connectivity index (χ2v) is 7.06. The average Bonchev–Trinajstić information content (AvgIpc) is 3.12. The first-order valence-electron chi connectivity index (χ1n) is 9.13. The molecule has 2 aliphatic heterocycles. The SMILES string of the molecule is COc1ccc(CN2CCN(C(=O)CN3CCC(C(=O)O)C3)CC2)cc1. The number of carbonyl (C=O) groups excluding carboxylic acids is 1. The van der Waals surface area contributed by atoms with Crippen LogP contribution in [0.2, 0.25) is 0 Å². The number of carbonyl (C=O) groups is 2. The van der Waals surface area contributed by atoms with Gasteiger partial charge in [0.25, 0.3) is 0 Å². The van der Waals surface area contributed by atoms with Gasteiger partial charge >= 0.3 is 5.97 Å². The molecule has 0 radical (unpaired) electrons. The van der Waals surface area contributed by atoms with Crippen LogP contribution in [0.3, 0.4) is 0 Å². The van der Waals surface area contributed by atoms with E-state index in [-0.39, 0.29) is 11.8 Å². The fourth-order valence-electron chi connectivity index (χ4n) is 3.61. The number of methoxy groups -OCH3 is 1. The van der Waals surface area contributed by atoms with Gasteiger partial charge in [0.1, 0.15) is 5.75 Å². The van der Waals surface area contributed by atoms with E-state index in [0.717, 1.165) is 38.5 Å². The molecule has 2 saturated heterocycles. The predicted octanol–water partition coefficient (Wildman–Crippen LogP) is 0.746. The van der Waals surface area contributed by atoms with E-state index in [1.807, 2.05) is 21.9 Å². The summed E-state index contributed by atoms with van der Waals surface area (Å²) in [4.78, 5) is 29.7. The molecule has 1 amide bonds. The Morgan fingerprint density at radius 2 is 1.77 bits per heavy atom. The molecular formula is C19H27N3O4. The lowest BCUT2D eigenvalue weighted by atomic mass is 10.1. The zero-order valence-electron chi connectivity index (χ0n) is 15.3. The number of carboxylic acid groups (broad SMARTS) is 1. The van der Waals surface area contributed by atoms with E-state index in [9.17, 15) is 9.59 Å². The second kappa shape index (κ2) is 8.51. The Morgan fingerprint density at radius 3 is 2.35 bits per heavy atom. The molecule has 2 heterocycles. The van der Waals surface area contributed by atoms with Crippen molar-refractivity contribution in [3.63, 3.8) is 0 Å². The summed E-state index contributed by atoms with van der Waals surface area (Å²) < 4.78 is 5.18. The van der Waals surface area contributed by atoms with Gasteiger partial charge in [0.05, 0.1) is 19.6 Å². The maximum Gasteiger partial charge on any atom is 0.307 e. The van der Waals surface area contributed by atoms with Crippen molar-refractivity contribution in [1.82, 2.24) is 14.7 Å². The molecule has 7 heteroatoms. The molecule has 0 bridgehead atoms. The van der Waals surface area contributed by atoms with Crippen LogP contribution in [-0.4, -0.2) is 84.6 Å². The van der Waals surface area contributed by atoms with Gasteiger partial charge in [0.2, 0.25) is 5.91 Å². The van der Waals surface area contributed by atoms with Crippen molar-refractivity contribution in [1.29, 1.82) is 0 Å². The summed E-state index contributed by atoms with van der Waals surface area (Å²) in [6.07, 6.45) is 0.637. The maximum absolute atomic E-state index is 12.5. The lowest BCUT2D eigenvalue weighted by Gasteiger charge is -2.35. The Bertz CT molecular complexity index is 626. The van der Waals surface area contributed by atoms with Crippen LogP contribution < -0.4 is 4.74 Å². The quantitative estimate of drug-likeness (QED) is 0.806. The van der Waals surface area contributed by atoms with Crippen molar-refractivity contribution in [3.8, 4) is 5.75 Å². The normalized spacial score (nSPS) is 21.7. The number of aliphatic carboxylic acids is 1. The minimum Gasteiger partial charge on any atom is -0.497 e. The van der Waals surface area contributed by atoms with E-state index in [4.69, 9.17) is 9.84 Å². The summed E-state index contributed by atoms with van der Waals surface area (Å²) in [5, 5.41) is 9.06. The van der Waals surface area contributed by atoms with Gasteiger partial charge < -0.3 is 14.7 Å². The molecule has 26 heavy (non-hydrogen) atoms. The molecule has 2 fully saturated rings. The highest BCUT2D eigenvalue weighted by molar-refractivity contribution is 5.78. The molecule has 1 unspecified atom stereocenters. The van der Waals surface area contributed by atoms with E-state index in [1.54, 1.807) is 7.11 Å². The molecule has 1 aromatic carbocycles. The van der Waals surface area contributed by atoms with E-state index in [2.05, 4.69) is 17.0 Å². The first-order valence-corrected chi connectivity index (χ1v) is 9.13. The van der Waals surface area contributed by atoms with Gasteiger partial charge in [0.15, 0.2) is 0 Å². The van der Waals surface area contributed by atoms with Crippen LogP contribution in [-0.2, 0) is 16.1 Å². The summed E-state index contributed by atoms with van der Waals surface area (Å²) in [5.41, 5.74) is 1.24. The van der Waals surface area contributed by atoms with E-state index in [1.165, 1.54) is 5.56 Å². The summed E-state index contributed by atoms with van der Waals surface area (Å²) in [6.45, 7) is 5.56. The van der Waals surface area contributed by atoms with Gasteiger partial charge in [-0.15, -0.1) is 0 Å². The van der Waals surface area contributed by atoms with E-state index in [0.29, 0.717) is 26.1 Å². The Balaban J connectivity index is 1.41. The zero-order chi connectivity index (χ0) is 18.5. The molecule has 1 N–H and O–H groups in total. The first kappa shape index (κ1) is 18.7. The van der Waals surface area contributed by atoms with Crippen molar-refractivity contribution in [3.05, 3.63) is 29.8 Å². The van der Waals surface area contributed by atoms with Gasteiger partial charge in [-0.05, 0) is 30.7 Å². The lowest BCUT2D eigenvalue weighted by molar-refractivity contribution is -0.141. The second-order valence-electron chi connectivity index (χ2n) is 7.06. The number of ether oxygens (including phenoxy) is 1. The summed E-state index contributed by atoms with van der Waals surface area (Å²) in [5.74, 6) is -0.118. The summed E-state index contributed by atoms with van der Waals surface area (Å²) in [7, 11) is 1.66. The number of hydrogen-bond donors (Lipinski definition) is 1. The minimum atomic E-state index is -0.757. The molecule has 0 saturated carbocycles. The van der Waals surface area contributed by atoms with Crippen LogP contribution >= 0.6 is 0 Å². The number of hydrogen-bond acceptors (Lipinski definition) is 5. The topological polar surface area (TPSA) is 73.3 Å². The van der Waals surface area contributed by atoms with Gasteiger partial charge in [0, 0.05) is 39.3 Å². The van der Waals surface area contributed by atoms with Crippen LogP contribution in [0.1, 0.15) is 12.0 Å². The Morgan fingerprint density at radius 1 is 1.08 bits per heavy atom. The Labute approximate surface area is 154 Å². The van der Waals surface area contributed by atoms with Crippen molar-refractivity contribution in [2.45, 2.75) is 13.0 Å². The molecule has 142 valence electrons. The number of carboxylic acids is 1. The molecule has 0 aliphatic carbocycles. The standard InChI is InChI=1S/C19H27N3O4/c1-26-17-4-2-15(3-5-17)12-20-8-10-22(11-9-20)18(23)14-21-7-6-16(13-21)19(24)25/h2-5,16H,6-14H2,1H3,(H,24,25). The smallest absolute Gasteiger partial charge is 0.307 e. The van der Waals surface area contributed by atoms with Crippen molar-refractivity contribution in [2.75, 3.05) is 52.9 Å². The van der Waals surface area contributed by atoms with Crippen molar-refractivity contribution < 1.29 is 19.4 Å². The Kier molecular flexibility index (Phi) is 6.11. The van der Waals surface area contributed by atoms with Crippen LogP contribution in [0.4, 0.5) is 0 Å². The fourth-order valence-corrected chi connectivity index (χ4v) is 3.61. The molecule has 1 aromatic rings. The zero-order valence-corrected chi connectivity index (χ0v) is 15.3. The molecule has 7 nitrogen and oxygen atoms in total. The minimum absolute atomic E-state index is 0.111. The molecule has 1 atom stereocenters. The molecule has 0 aromatic heterocycles. The van der Waals surface area contributed by atoms with Crippen LogP contribution in [0.25, 0.3) is 0 Å². The fraction of sp³-hybridized carbons (Fsp3) is 0.579. The van der Waals surface area contributed by atoms with Gasteiger partial charge in [-0.2, -0.15) is 0 Å². The van der Waals surface area contributed by atoms with Crippen LogP contribution in [0, 0.1) is 5.92 Å². The molecular weight excluding hydrogens is 334 g/mol. The molecule has 2 aliphatic rings.